The van der Waals surface area contributed by atoms with Crippen molar-refractivity contribution in [2.45, 2.75) is 58.8 Å². The summed E-state index contributed by atoms with van der Waals surface area (Å²) >= 11 is 0. The normalized spacial score (nSPS) is 12.8. The topological polar surface area (TPSA) is 43.1 Å². The summed E-state index contributed by atoms with van der Waals surface area (Å²) in [4.78, 5) is 11.6. The van der Waals surface area contributed by atoms with E-state index in [2.05, 4.69) is 6.92 Å². The molecule has 1 atom stereocenters. The maximum atomic E-state index is 11.6. The number of nitrogens with two attached hydrogens (primary N) is 1. The Morgan fingerprint density at radius 1 is 1.14 bits per heavy atom. The Morgan fingerprint density at radius 2 is 1.79 bits per heavy atom. The van der Waals surface area contributed by atoms with Crippen molar-refractivity contribution in [2.75, 3.05) is 6.54 Å². The molecule has 0 saturated carbocycles. The third-order valence-electron chi connectivity index (χ3n) is 2.76. The molecule has 0 aliphatic rings. The van der Waals surface area contributed by atoms with E-state index in [0.29, 0.717) is 12.3 Å². The number of unbranched alkanes of at least 4 members (excludes halogenated alkanes) is 4. The summed E-state index contributed by atoms with van der Waals surface area (Å²) in [6.07, 6.45) is 7.69. The fourth-order valence-corrected chi connectivity index (χ4v) is 1.63. The number of hydrogen-bond donors (Lipinski definition) is 1. The van der Waals surface area contributed by atoms with Crippen molar-refractivity contribution in [3.63, 3.8) is 0 Å². The van der Waals surface area contributed by atoms with Crippen LogP contribution in [0.1, 0.15) is 58.8 Å². The summed E-state index contributed by atoms with van der Waals surface area (Å²) in [6.45, 7) is 4.75. The first kappa shape index (κ1) is 13.6. The van der Waals surface area contributed by atoms with Gasteiger partial charge in [0.25, 0.3) is 0 Å². The van der Waals surface area contributed by atoms with E-state index in [1.807, 2.05) is 6.92 Å². The van der Waals surface area contributed by atoms with Crippen LogP contribution in [0.4, 0.5) is 0 Å². The zero-order chi connectivity index (χ0) is 10.8. The quantitative estimate of drug-likeness (QED) is 0.580. The van der Waals surface area contributed by atoms with Gasteiger partial charge in [0.2, 0.25) is 0 Å². The molecule has 0 saturated heterocycles. The van der Waals surface area contributed by atoms with Crippen molar-refractivity contribution < 1.29 is 4.79 Å². The van der Waals surface area contributed by atoms with Crippen LogP contribution in [-0.2, 0) is 4.79 Å². The summed E-state index contributed by atoms with van der Waals surface area (Å²) in [5.41, 5.74) is 5.52. The molecule has 0 aromatic carbocycles. The minimum atomic E-state index is 0.112. The second kappa shape index (κ2) is 9.20. The summed E-state index contributed by atoms with van der Waals surface area (Å²) in [5, 5.41) is 0. The first-order valence-electron chi connectivity index (χ1n) is 5.99. The molecule has 0 aliphatic carbocycles. The molecule has 2 nitrogen and oxygen atoms in total. The first-order valence-corrected chi connectivity index (χ1v) is 5.99. The predicted octanol–water partition coefficient (Wildman–Crippen LogP) is 2.90. The van der Waals surface area contributed by atoms with Crippen molar-refractivity contribution in [3.8, 4) is 0 Å². The van der Waals surface area contributed by atoms with Crippen molar-refractivity contribution in [3.05, 3.63) is 0 Å². The van der Waals surface area contributed by atoms with Crippen LogP contribution in [0.5, 0.6) is 0 Å². The van der Waals surface area contributed by atoms with Gasteiger partial charge < -0.3 is 5.73 Å². The fourth-order valence-electron chi connectivity index (χ4n) is 1.63. The van der Waals surface area contributed by atoms with Gasteiger partial charge in [0.1, 0.15) is 5.78 Å². The average molecular weight is 199 g/mol. The van der Waals surface area contributed by atoms with Crippen LogP contribution in [0.3, 0.4) is 0 Å². The highest BCUT2D eigenvalue weighted by atomic mass is 16.1. The standard InChI is InChI=1S/C12H25NO/c1-3-5-6-7-8-9-12(14)11(4-2)10-13/h11H,3-10,13H2,1-2H3. The summed E-state index contributed by atoms with van der Waals surface area (Å²) in [5.74, 6) is 0.479. The maximum absolute atomic E-state index is 11.6. The number of carbonyl (C=O) groups is 1. The number of rotatable bonds is 9. The Labute approximate surface area is 88.3 Å². The van der Waals surface area contributed by atoms with Crippen molar-refractivity contribution in [1.82, 2.24) is 0 Å². The van der Waals surface area contributed by atoms with Crippen LogP contribution in [-0.4, -0.2) is 12.3 Å². The predicted molar refractivity (Wildman–Crippen MR) is 61.2 cm³/mol. The monoisotopic (exact) mass is 199 g/mol. The highest BCUT2D eigenvalue weighted by Crippen LogP contribution is 2.10. The fraction of sp³-hybridized carbons (Fsp3) is 0.917. The van der Waals surface area contributed by atoms with E-state index >= 15 is 0 Å². The van der Waals surface area contributed by atoms with Gasteiger partial charge in [-0.3, -0.25) is 4.79 Å². The van der Waals surface area contributed by atoms with Crippen molar-refractivity contribution in [2.24, 2.45) is 11.7 Å². The van der Waals surface area contributed by atoms with Crippen LogP contribution in [0, 0.1) is 5.92 Å². The SMILES string of the molecule is CCCCCCCC(=O)C(CC)CN. The lowest BCUT2D eigenvalue weighted by atomic mass is 9.96. The smallest absolute Gasteiger partial charge is 0.137 e. The Hall–Kier alpha value is -0.370. The second-order valence-corrected chi connectivity index (χ2v) is 3.97. The molecule has 0 aliphatic heterocycles. The molecular weight excluding hydrogens is 174 g/mol. The number of hydrogen-bond acceptors (Lipinski definition) is 2. The van der Waals surface area contributed by atoms with E-state index < -0.39 is 0 Å². The lowest BCUT2D eigenvalue weighted by Gasteiger charge is -2.10. The molecule has 2 heteroatoms. The molecule has 0 amide bonds. The van der Waals surface area contributed by atoms with Crippen LogP contribution < -0.4 is 5.73 Å². The first-order chi connectivity index (χ1) is 6.76. The molecule has 0 radical (unpaired) electrons. The Balaban J connectivity index is 3.43. The maximum Gasteiger partial charge on any atom is 0.137 e. The minimum absolute atomic E-state index is 0.112. The zero-order valence-electron chi connectivity index (χ0n) is 9.72. The molecule has 1 unspecified atom stereocenters. The minimum Gasteiger partial charge on any atom is -0.330 e. The molecule has 0 fully saturated rings. The van der Waals surface area contributed by atoms with Crippen molar-refractivity contribution >= 4 is 5.78 Å². The number of carbonyl (C=O) groups excluding carboxylic acids is 1. The van der Waals surface area contributed by atoms with Crippen LogP contribution in [0.25, 0.3) is 0 Å². The Morgan fingerprint density at radius 3 is 2.29 bits per heavy atom. The lowest BCUT2D eigenvalue weighted by molar-refractivity contribution is -0.122. The third-order valence-corrected chi connectivity index (χ3v) is 2.76. The van der Waals surface area contributed by atoms with Crippen LogP contribution >= 0.6 is 0 Å². The van der Waals surface area contributed by atoms with Gasteiger partial charge in [-0.15, -0.1) is 0 Å². The number of ketones is 1. The molecular formula is C12H25NO. The van der Waals surface area contributed by atoms with E-state index in [1.165, 1.54) is 25.7 Å². The molecule has 14 heavy (non-hydrogen) atoms. The molecule has 2 N–H and O–H groups in total. The van der Waals surface area contributed by atoms with Gasteiger partial charge in [-0.05, 0) is 12.8 Å². The van der Waals surface area contributed by atoms with Crippen LogP contribution in [0.2, 0.25) is 0 Å². The highest BCUT2D eigenvalue weighted by Gasteiger charge is 2.13. The Kier molecular flexibility index (Phi) is 8.95. The molecule has 0 aromatic rings. The van der Waals surface area contributed by atoms with Gasteiger partial charge in [0.15, 0.2) is 0 Å². The van der Waals surface area contributed by atoms with Gasteiger partial charge in [-0.2, -0.15) is 0 Å². The second-order valence-electron chi connectivity index (χ2n) is 3.97. The molecule has 0 bridgehead atoms. The highest BCUT2D eigenvalue weighted by molar-refractivity contribution is 5.81. The van der Waals surface area contributed by atoms with E-state index in [9.17, 15) is 4.79 Å². The van der Waals surface area contributed by atoms with Gasteiger partial charge in [0, 0.05) is 18.9 Å². The summed E-state index contributed by atoms with van der Waals surface area (Å²) in [7, 11) is 0. The van der Waals surface area contributed by atoms with E-state index in [0.717, 1.165) is 19.3 Å². The largest absolute Gasteiger partial charge is 0.330 e. The third kappa shape index (κ3) is 6.14. The van der Waals surface area contributed by atoms with E-state index in [1.54, 1.807) is 0 Å². The molecule has 0 spiro atoms. The average Bonchev–Trinajstić information content (AvgIpc) is 2.19. The van der Waals surface area contributed by atoms with Gasteiger partial charge in [0.05, 0.1) is 0 Å². The van der Waals surface area contributed by atoms with Gasteiger partial charge in [-0.1, -0.05) is 39.5 Å². The molecule has 84 valence electrons. The van der Waals surface area contributed by atoms with E-state index in [4.69, 9.17) is 5.73 Å². The van der Waals surface area contributed by atoms with Gasteiger partial charge in [-0.25, -0.2) is 0 Å². The summed E-state index contributed by atoms with van der Waals surface area (Å²) < 4.78 is 0. The molecule has 0 aromatic heterocycles. The summed E-state index contributed by atoms with van der Waals surface area (Å²) in [6, 6.07) is 0. The van der Waals surface area contributed by atoms with Crippen LogP contribution in [0.15, 0.2) is 0 Å². The van der Waals surface area contributed by atoms with E-state index in [-0.39, 0.29) is 5.92 Å². The van der Waals surface area contributed by atoms with Gasteiger partial charge >= 0.3 is 0 Å². The Bertz CT molecular complexity index is 141. The van der Waals surface area contributed by atoms with Crippen molar-refractivity contribution in [1.29, 1.82) is 0 Å². The molecule has 0 heterocycles. The lowest BCUT2D eigenvalue weighted by Crippen LogP contribution is -2.22. The molecule has 0 rings (SSSR count). The zero-order valence-corrected chi connectivity index (χ0v) is 9.72. The number of Topliss-reactive ketones (excluding diaryl/α,β-unsaturated/α-hetero) is 1.